The zero-order valence-electron chi connectivity index (χ0n) is 12.2. The molecule has 0 aliphatic carbocycles. The molecule has 0 fully saturated rings. The summed E-state index contributed by atoms with van der Waals surface area (Å²) in [5, 5.41) is 0. The van der Waals surface area contributed by atoms with Crippen LogP contribution in [0.1, 0.15) is 17.2 Å². The van der Waals surface area contributed by atoms with Crippen molar-refractivity contribution in [2.75, 3.05) is 7.11 Å². The van der Waals surface area contributed by atoms with Gasteiger partial charge < -0.3 is 8.92 Å². The normalized spacial score (nSPS) is 13.2. The van der Waals surface area contributed by atoms with E-state index in [2.05, 4.69) is 4.74 Å². The average Bonchev–Trinajstić information content (AvgIpc) is 2.55. The number of ether oxygens (including phenoxy) is 1. The lowest BCUT2D eigenvalue weighted by atomic mass is 10.1. The van der Waals surface area contributed by atoms with Crippen LogP contribution >= 0.6 is 0 Å². The second-order valence-electron chi connectivity index (χ2n) is 4.51. The molecule has 0 aliphatic heterocycles. The zero-order chi connectivity index (χ0) is 15.9. The maximum absolute atomic E-state index is 12.0. The minimum absolute atomic E-state index is 0.389. The summed E-state index contributed by atoms with van der Waals surface area (Å²) in [5.41, 5.74) is 1.59. The molecule has 0 saturated carbocycles. The van der Waals surface area contributed by atoms with Crippen molar-refractivity contribution in [2.24, 2.45) is 0 Å². The molecule has 2 aromatic carbocycles. The molecule has 22 heavy (non-hydrogen) atoms. The first kappa shape index (κ1) is 16.2. The molecule has 2 aromatic rings. The fourth-order valence-corrected chi connectivity index (χ4v) is 2.39. The zero-order valence-corrected chi connectivity index (χ0v) is 13.0. The second kappa shape index (κ2) is 7.72. The number of hydrogen-bond donors (Lipinski definition) is 0. The van der Waals surface area contributed by atoms with Gasteiger partial charge in [-0.25, -0.2) is 8.98 Å². The number of benzene rings is 2. The molecule has 0 saturated heterocycles. The number of aryl methyl sites for hydroxylation is 1. The second-order valence-corrected chi connectivity index (χ2v) is 5.28. The third-order valence-corrected chi connectivity index (χ3v) is 3.56. The Morgan fingerprint density at radius 3 is 2.27 bits per heavy atom. The van der Waals surface area contributed by atoms with Crippen molar-refractivity contribution in [3.8, 4) is 5.75 Å². The van der Waals surface area contributed by atoms with Crippen LogP contribution < -0.4 is 4.18 Å². The van der Waals surface area contributed by atoms with Crippen molar-refractivity contribution in [2.45, 2.75) is 13.0 Å². The van der Waals surface area contributed by atoms with E-state index in [1.807, 2.05) is 19.1 Å². The van der Waals surface area contributed by atoms with E-state index in [0.717, 1.165) is 5.56 Å². The Bertz CT molecular complexity index is 639. The SMILES string of the molecule is COC(=O)C(OS(=O)Oc1ccc(C)cc1)c1ccccc1. The lowest BCUT2D eigenvalue weighted by molar-refractivity contribution is -0.149. The summed E-state index contributed by atoms with van der Waals surface area (Å²) in [4.78, 5) is 11.8. The summed E-state index contributed by atoms with van der Waals surface area (Å²) in [5.74, 6) is -0.257. The number of methoxy groups -OCH3 is 1. The minimum atomic E-state index is -2.13. The molecule has 0 heterocycles. The third-order valence-electron chi connectivity index (χ3n) is 2.88. The number of rotatable bonds is 6. The molecule has 5 nitrogen and oxygen atoms in total. The van der Waals surface area contributed by atoms with Crippen LogP contribution in [0.3, 0.4) is 0 Å². The fourth-order valence-electron chi connectivity index (χ4n) is 1.74. The predicted molar refractivity (Wildman–Crippen MR) is 82.2 cm³/mol. The van der Waals surface area contributed by atoms with Gasteiger partial charge in [-0.2, -0.15) is 4.21 Å². The van der Waals surface area contributed by atoms with Gasteiger partial charge in [0, 0.05) is 0 Å². The van der Waals surface area contributed by atoms with Gasteiger partial charge in [-0.15, -0.1) is 0 Å². The summed E-state index contributed by atoms with van der Waals surface area (Å²) >= 11 is -2.13. The van der Waals surface area contributed by atoms with E-state index in [1.54, 1.807) is 42.5 Å². The van der Waals surface area contributed by atoms with Gasteiger partial charge in [0.15, 0.2) is 6.10 Å². The molecule has 0 N–H and O–H groups in total. The van der Waals surface area contributed by atoms with E-state index in [0.29, 0.717) is 11.3 Å². The Balaban J connectivity index is 2.08. The highest BCUT2D eigenvalue weighted by Gasteiger charge is 2.26. The van der Waals surface area contributed by atoms with E-state index in [4.69, 9.17) is 8.37 Å². The Hall–Kier alpha value is -2.18. The molecule has 0 amide bonds. The summed E-state index contributed by atoms with van der Waals surface area (Å²) in [6.07, 6.45) is -1.11. The first-order valence-corrected chi connectivity index (χ1v) is 7.57. The van der Waals surface area contributed by atoms with Crippen LogP contribution in [0.15, 0.2) is 54.6 Å². The van der Waals surface area contributed by atoms with E-state index in [-0.39, 0.29) is 0 Å². The maximum atomic E-state index is 12.0. The van der Waals surface area contributed by atoms with Crippen LogP contribution in [-0.4, -0.2) is 17.3 Å². The minimum Gasteiger partial charge on any atom is -0.467 e. The lowest BCUT2D eigenvalue weighted by Crippen LogP contribution is -2.20. The third kappa shape index (κ3) is 4.41. The van der Waals surface area contributed by atoms with Crippen LogP contribution in [0.4, 0.5) is 0 Å². The highest BCUT2D eigenvalue weighted by molar-refractivity contribution is 7.75. The fraction of sp³-hybridized carbons (Fsp3) is 0.188. The Morgan fingerprint density at radius 1 is 1.05 bits per heavy atom. The number of carbonyl (C=O) groups is 1. The highest BCUT2D eigenvalue weighted by atomic mass is 32.2. The Morgan fingerprint density at radius 2 is 1.68 bits per heavy atom. The van der Waals surface area contributed by atoms with Crippen molar-refractivity contribution >= 4 is 17.3 Å². The molecule has 2 unspecified atom stereocenters. The highest BCUT2D eigenvalue weighted by Crippen LogP contribution is 2.21. The van der Waals surface area contributed by atoms with E-state index in [1.165, 1.54) is 7.11 Å². The summed E-state index contributed by atoms with van der Waals surface area (Å²) < 4.78 is 27.0. The van der Waals surface area contributed by atoms with Crippen LogP contribution in [0.25, 0.3) is 0 Å². The van der Waals surface area contributed by atoms with Crippen LogP contribution in [-0.2, 0) is 25.1 Å². The summed E-state index contributed by atoms with van der Waals surface area (Å²) in [6.45, 7) is 1.93. The van der Waals surface area contributed by atoms with Crippen molar-refractivity contribution < 1.29 is 22.1 Å². The first-order valence-electron chi connectivity index (χ1n) is 6.57. The van der Waals surface area contributed by atoms with Gasteiger partial charge in [0.2, 0.25) is 0 Å². The average molecular weight is 320 g/mol. The van der Waals surface area contributed by atoms with Crippen LogP contribution in [0, 0.1) is 6.92 Å². The predicted octanol–water partition coefficient (Wildman–Crippen LogP) is 2.88. The molecule has 116 valence electrons. The number of hydrogen-bond acceptors (Lipinski definition) is 5. The van der Waals surface area contributed by atoms with Crippen molar-refractivity contribution in [3.63, 3.8) is 0 Å². The van der Waals surface area contributed by atoms with Crippen molar-refractivity contribution in [1.82, 2.24) is 0 Å². The van der Waals surface area contributed by atoms with Crippen molar-refractivity contribution in [3.05, 3.63) is 65.7 Å². The molecule has 2 atom stereocenters. The molecule has 6 heteroatoms. The van der Waals surface area contributed by atoms with E-state index < -0.39 is 23.4 Å². The lowest BCUT2D eigenvalue weighted by Gasteiger charge is -2.14. The molecule has 0 aromatic heterocycles. The topological polar surface area (TPSA) is 61.8 Å². The number of carbonyl (C=O) groups excluding carboxylic acids is 1. The van der Waals surface area contributed by atoms with Gasteiger partial charge in [0.05, 0.1) is 7.11 Å². The van der Waals surface area contributed by atoms with Crippen molar-refractivity contribution in [1.29, 1.82) is 0 Å². The van der Waals surface area contributed by atoms with Gasteiger partial charge in [-0.3, -0.25) is 0 Å². The van der Waals surface area contributed by atoms with Gasteiger partial charge >= 0.3 is 17.3 Å². The maximum Gasteiger partial charge on any atom is 0.361 e. The quantitative estimate of drug-likeness (QED) is 0.766. The Labute approximate surface area is 131 Å². The molecule has 0 spiro atoms. The standard InChI is InChI=1S/C16H16O5S/c1-12-8-10-14(11-9-12)20-22(18)21-15(16(17)19-2)13-6-4-3-5-7-13/h3-11,15H,1-2H3. The van der Waals surface area contributed by atoms with Gasteiger partial charge in [0.1, 0.15) is 5.75 Å². The molecule has 0 aliphatic rings. The Kier molecular flexibility index (Phi) is 5.68. The van der Waals surface area contributed by atoms with E-state index in [9.17, 15) is 9.00 Å². The number of esters is 1. The van der Waals surface area contributed by atoms with Gasteiger partial charge in [-0.1, -0.05) is 48.0 Å². The largest absolute Gasteiger partial charge is 0.467 e. The summed E-state index contributed by atoms with van der Waals surface area (Å²) in [7, 11) is 1.24. The smallest absolute Gasteiger partial charge is 0.361 e. The van der Waals surface area contributed by atoms with Crippen LogP contribution in [0.5, 0.6) is 5.75 Å². The molecule has 0 bridgehead atoms. The molecular formula is C16H16O5S. The summed E-state index contributed by atoms with van der Waals surface area (Å²) in [6, 6.07) is 15.7. The van der Waals surface area contributed by atoms with Gasteiger partial charge in [-0.05, 0) is 24.6 Å². The first-order chi connectivity index (χ1) is 10.6. The molecule has 0 radical (unpaired) electrons. The molecular weight excluding hydrogens is 304 g/mol. The monoisotopic (exact) mass is 320 g/mol. The van der Waals surface area contributed by atoms with Crippen LogP contribution in [0.2, 0.25) is 0 Å². The van der Waals surface area contributed by atoms with Gasteiger partial charge in [0.25, 0.3) is 0 Å². The van der Waals surface area contributed by atoms with E-state index >= 15 is 0 Å². The molecule has 2 rings (SSSR count).